The van der Waals surface area contributed by atoms with E-state index >= 15 is 0 Å². The first kappa shape index (κ1) is 57.8. The predicted molar refractivity (Wildman–Crippen MR) is 240 cm³/mol. The fraction of sp³-hybridized carbons (Fsp3) is 0.733. The van der Waals surface area contributed by atoms with Gasteiger partial charge in [-0.25, -0.2) is 9.13 Å². The van der Waals surface area contributed by atoms with E-state index in [-0.39, 0.29) is 18.9 Å². The summed E-state index contributed by atoms with van der Waals surface area (Å²) in [6, 6.07) is 0. The maximum absolute atomic E-state index is 13.0. The molecule has 2 aliphatic rings. The molecule has 7 N–H and O–H groups in total. The fourth-order valence-electron chi connectivity index (χ4n) is 6.74. The number of allylic oxidation sites excluding steroid dienone is 8. The van der Waals surface area contributed by atoms with E-state index < -0.39 is 83.5 Å². The molecular formula is C45H76O17P2. The Hall–Kier alpha value is -2.34. The number of aliphatic hydroxyl groups is 4. The van der Waals surface area contributed by atoms with Crippen LogP contribution in [0.15, 0.2) is 60.8 Å². The molecule has 2 fully saturated rings. The lowest BCUT2D eigenvalue weighted by Crippen LogP contribution is -2.64. The second kappa shape index (κ2) is 33.2. The third-order valence-electron chi connectivity index (χ3n) is 10.4. The number of phosphoric ester groups is 2. The Balaban J connectivity index is 1.83. The molecule has 0 aromatic rings. The van der Waals surface area contributed by atoms with Gasteiger partial charge in [0.2, 0.25) is 0 Å². The summed E-state index contributed by atoms with van der Waals surface area (Å²) in [4.78, 5) is 54.2. The summed E-state index contributed by atoms with van der Waals surface area (Å²) in [5.74, 6) is -1.30. The van der Waals surface area contributed by atoms with E-state index in [1.54, 1.807) is 0 Å². The van der Waals surface area contributed by atoms with Gasteiger partial charge in [-0.3, -0.25) is 23.2 Å². The number of aliphatic hydroxyl groups excluding tert-OH is 4. The van der Waals surface area contributed by atoms with Crippen molar-refractivity contribution in [3.8, 4) is 0 Å². The molecule has 7 unspecified atom stereocenters. The molecule has 2 rings (SSSR count). The number of phosphoric acid groups is 2. The van der Waals surface area contributed by atoms with E-state index in [0.717, 1.165) is 77.0 Å². The second-order valence-electron chi connectivity index (χ2n) is 16.1. The molecule has 1 saturated carbocycles. The van der Waals surface area contributed by atoms with Gasteiger partial charge in [0.05, 0.1) is 18.8 Å². The van der Waals surface area contributed by atoms with Gasteiger partial charge in [0.1, 0.15) is 43.2 Å². The predicted octanol–water partition coefficient (Wildman–Crippen LogP) is 7.27. The fourth-order valence-corrected chi connectivity index (χ4v) is 8.28. The number of hydrogen-bond acceptors (Lipinski definition) is 14. The first-order valence-electron chi connectivity index (χ1n) is 23.0. The molecule has 368 valence electrons. The maximum atomic E-state index is 13.0. The van der Waals surface area contributed by atoms with E-state index in [1.165, 1.54) is 19.3 Å². The van der Waals surface area contributed by atoms with Crippen LogP contribution in [0.1, 0.15) is 142 Å². The lowest BCUT2D eigenvalue weighted by atomic mass is 9.85. The highest BCUT2D eigenvalue weighted by Gasteiger charge is 2.54. The Bertz CT molecular complexity index is 1540. The van der Waals surface area contributed by atoms with Gasteiger partial charge >= 0.3 is 27.6 Å². The first-order valence-corrected chi connectivity index (χ1v) is 26.0. The summed E-state index contributed by atoms with van der Waals surface area (Å²) >= 11 is 0. The summed E-state index contributed by atoms with van der Waals surface area (Å²) in [6.45, 7) is 2.93. The van der Waals surface area contributed by atoms with Crippen molar-refractivity contribution in [1.82, 2.24) is 0 Å². The number of hydrogen-bond donors (Lipinski definition) is 7. The molecule has 0 aromatic heterocycles. The zero-order chi connectivity index (χ0) is 47.2. The molecular weight excluding hydrogens is 874 g/mol. The number of ether oxygens (including phenoxy) is 3. The Kier molecular flexibility index (Phi) is 30.0. The average Bonchev–Trinajstić information content (AvgIpc) is 4.01. The van der Waals surface area contributed by atoms with Gasteiger partial charge in [-0.15, -0.1) is 0 Å². The van der Waals surface area contributed by atoms with E-state index in [9.17, 15) is 44.0 Å². The third kappa shape index (κ3) is 26.7. The van der Waals surface area contributed by atoms with Crippen LogP contribution in [-0.2, 0) is 46.5 Å². The Morgan fingerprint density at radius 1 is 0.562 bits per heavy atom. The standard InChI is InChI=1S/C45H76O17P2/c1-3-5-7-9-11-12-13-14-15-16-19-24-28-32-39(47)59-35(34-58-64(55,56)62-45-42(50)40(48)41(49)44(43(45)51)61-63(52,53)54)33-57-38(46)31-27-23-20-17-18-22-26-30-37-36(60-37)29-25-21-10-8-6-4-2/h7,9,12-13,17,20-22,25-26,35-37,40-45,48-51H,3-6,8,10-11,14-16,18-19,23-24,27-34H2,1-2H3,(H,55,56)(H2,52,53,54)/b9-7-,13-12-,20-17-,25-21-,26-22-/t35-,36?,37?,40?,41?,42?,43?,44-,45+/m1/s1. The van der Waals surface area contributed by atoms with Crippen molar-refractivity contribution in [2.75, 3.05) is 13.2 Å². The van der Waals surface area contributed by atoms with Crippen LogP contribution in [0.3, 0.4) is 0 Å². The Morgan fingerprint density at radius 2 is 1.08 bits per heavy atom. The number of unbranched alkanes of at least 4 members (excludes halogenated alkanes) is 10. The smallest absolute Gasteiger partial charge is 0.462 e. The van der Waals surface area contributed by atoms with Crippen LogP contribution >= 0.6 is 15.6 Å². The van der Waals surface area contributed by atoms with Crippen LogP contribution < -0.4 is 0 Å². The van der Waals surface area contributed by atoms with Crippen molar-refractivity contribution in [1.29, 1.82) is 0 Å². The number of carbonyl (C=O) groups is 2. The molecule has 17 nitrogen and oxygen atoms in total. The molecule has 1 heterocycles. The van der Waals surface area contributed by atoms with Gasteiger partial charge in [-0.2, -0.15) is 0 Å². The van der Waals surface area contributed by atoms with Crippen molar-refractivity contribution >= 4 is 27.6 Å². The average molecular weight is 951 g/mol. The molecule has 1 aliphatic carbocycles. The van der Waals surface area contributed by atoms with E-state index in [1.807, 2.05) is 12.2 Å². The summed E-state index contributed by atoms with van der Waals surface area (Å²) in [7, 11) is -10.7. The normalized spacial score (nSPS) is 25.5. The minimum absolute atomic E-state index is 0.0105. The van der Waals surface area contributed by atoms with Crippen LogP contribution in [-0.4, -0.2) is 115 Å². The summed E-state index contributed by atoms with van der Waals surface area (Å²) < 4.78 is 55.0. The van der Waals surface area contributed by atoms with Gasteiger partial charge in [0.25, 0.3) is 0 Å². The van der Waals surface area contributed by atoms with Crippen molar-refractivity contribution in [2.45, 2.75) is 197 Å². The van der Waals surface area contributed by atoms with Crippen LogP contribution in [0, 0.1) is 0 Å². The zero-order valence-electron chi connectivity index (χ0n) is 37.6. The first-order chi connectivity index (χ1) is 30.6. The molecule has 0 amide bonds. The molecule has 10 atom stereocenters. The molecule has 1 saturated heterocycles. The number of epoxide rings is 1. The van der Waals surface area contributed by atoms with Crippen LogP contribution in [0.25, 0.3) is 0 Å². The third-order valence-corrected chi connectivity index (χ3v) is 12.0. The molecule has 0 spiro atoms. The topological polar surface area (TPSA) is 269 Å². The number of carbonyl (C=O) groups excluding carboxylic acids is 2. The van der Waals surface area contributed by atoms with Gasteiger partial charge in [-0.1, -0.05) is 113 Å². The molecule has 0 aromatic carbocycles. The van der Waals surface area contributed by atoms with Crippen molar-refractivity contribution in [3.05, 3.63) is 60.8 Å². The summed E-state index contributed by atoms with van der Waals surface area (Å²) in [5, 5.41) is 41.2. The highest BCUT2D eigenvalue weighted by atomic mass is 31.2. The molecule has 0 radical (unpaired) electrons. The number of rotatable bonds is 36. The molecule has 1 aliphatic heterocycles. The zero-order valence-corrected chi connectivity index (χ0v) is 39.4. The minimum Gasteiger partial charge on any atom is -0.462 e. The van der Waals surface area contributed by atoms with Crippen molar-refractivity contribution in [3.63, 3.8) is 0 Å². The Labute approximate surface area is 379 Å². The van der Waals surface area contributed by atoms with E-state index in [2.05, 4.69) is 67.0 Å². The quantitative estimate of drug-likeness (QED) is 0.0107. The van der Waals surface area contributed by atoms with Gasteiger partial charge in [-0.05, 0) is 77.0 Å². The Morgan fingerprint density at radius 3 is 1.70 bits per heavy atom. The van der Waals surface area contributed by atoms with Crippen LogP contribution in [0.4, 0.5) is 0 Å². The molecule has 0 bridgehead atoms. The van der Waals surface area contributed by atoms with E-state index in [4.69, 9.17) is 33.0 Å². The molecule has 19 heteroatoms. The van der Waals surface area contributed by atoms with Crippen molar-refractivity contribution < 1.29 is 81.6 Å². The van der Waals surface area contributed by atoms with Crippen LogP contribution in [0.2, 0.25) is 0 Å². The lowest BCUT2D eigenvalue weighted by Gasteiger charge is -2.43. The highest BCUT2D eigenvalue weighted by molar-refractivity contribution is 7.47. The maximum Gasteiger partial charge on any atom is 0.472 e. The monoisotopic (exact) mass is 950 g/mol. The van der Waals surface area contributed by atoms with E-state index in [0.29, 0.717) is 25.4 Å². The largest absolute Gasteiger partial charge is 0.472 e. The second-order valence-corrected chi connectivity index (χ2v) is 18.7. The lowest BCUT2D eigenvalue weighted by molar-refractivity contribution is -0.216. The van der Waals surface area contributed by atoms with Crippen LogP contribution in [0.5, 0.6) is 0 Å². The van der Waals surface area contributed by atoms with Gasteiger partial charge in [0, 0.05) is 12.8 Å². The van der Waals surface area contributed by atoms with Gasteiger partial charge < -0.3 is 49.3 Å². The van der Waals surface area contributed by atoms with Gasteiger partial charge in [0.15, 0.2) is 6.10 Å². The highest BCUT2D eigenvalue weighted by Crippen LogP contribution is 2.49. The molecule has 64 heavy (non-hydrogen) atoms. The number of esters is 2. The van der Waals surface area contributed by atoms with Crippen molar-refractivity contribution in [2.24, 2.45) is 0 Å². The minimum atomic E-state index is -5.37. The SMILES string of the molecule is CCC/C=C\C/C=C\CCCCCCCC(=O)O[C@H](COC(=O)CCC/C=C\C/C=C\CC1OC1C/C=C\CCCCC)COP(=O)(O)O[C@H]1C(O)C(O)C(O)[C@@H](OP(=O)(O)O)C1O. The summed E-state index contributed by atoms with van der Waals surface area (Å²) in [5.41, 5.74) is 0. The summed E-state index contributed by atoms with van der Waals surface area (Å²) in [6.07, 6.45) is 23.6.